The number of aromatic nitrogens is 1. The van der Waals surface area contributed by atoms with E-state index < -0.39 is 0 Å². The summed E-state index contributed by atoms with van der Waals surface area (Å²) in [5, 5.41) is 9.72. The van der Waals surface area contributed by atoms with E-state index in [4.69, 9.17) is 4.42 Å². The molecule has 0 N–H and O–H groups in total. The Morgan fingerprint density at radius 2 is 0.845 bits per heavy atom. The van der Waals surface area contributed by atoms with Gasteiger partial charge in [-0.1, -0.05) is 188 Å². The Morgan fingerprint density at radius 3 is 1.61 bits per heavy atom. The first kappa shape index (κ1) is 40.6. The normalized spacial score (nSPS) is 11.7. The average Bonchev–Trinajstić information content (AvgIpc) is 4.00. The van der Waals surface area contributed by atoms with Crippen molar-refractivity contribution >= 4 is 82.4 Å². The highest BCUT2D eigenvalue weighted by Crippen LogP contribution is 2.46. The van der Waals surface area contributed by atoms with Crippen LogP contribution in [0.25, 0.3) is 115 Å². The number of furan rings is 1. The van der Waals surface area contributed by atoms with Crippen molar-refractivity contribution in [2.45, 2.75) is 0 Å². The van der Waals surface area contributed by atoms with E-state index >= 15 is 0 Å². The fourth-order valence-electron chi connectivity index (χ4n) is 11.1. The molecule has 12 aromatic carbocycles. The lowest BCUT2D eigenvalue weighted by Crippen LogP contribution is -2.11. The van der Waals surface area contributed by atoms with Gasteiger partial charge in [0.25, 0.3) is 0 Å². The lowest BCUT2D eigenvalue weighted by Gasteiger charge is -2.29. The highest BCUT2D eigenvalue weighted by atomic mass is 16.3. The summed E-state index contributed by atoms with van der Waals surface area (Å²) in [5.41, 5.74) is 17.8. The molecule has 0 aliphatic carbocycles. The van der Waals surface area contributed by atoms with Crippen molar-refractivity contribution in [1.29, 1.82) is 0 Å². The van der Waals surface area contributed by atoms with Gasteiger partial charge in [0.05, 0.1) is 16.7 Å². The van der Waals surface area contributed by atoms with Gasteiger partial charge in [0.1, 0.15) is 11.2 Å². The van der Waals surface area contributed by atoms with Crippen LogP contribution in [-0.2, 0) is 0 Å². The van der Waals surface area contributed by atoms with E-state index in [2.05, 4.69) is 270 Å². The Balaban J connectivity index is 0.877. The summed E-state index contributed by atoms with van der Waals surface area (Å²) < 4.78 is 8.75. The van der Waals surface area contributed by atoms with Crippen molar-refractivity contribution < 1.29 is 4.42 Å². The van der Waals surface area contributed by atoms with Crippen LogP contribution in [0.4, 0.5) is 17.1 Å². The predicted molar refractivity (Wildman–Crippen MR) is 299 cm³/mol. The molecule has 14 rings (SSSR count). The van der Waals surface area contributed by atoms with Crippen LogP contribution in [0, 0.1) is 0 Å². The van der Waals surface area contributed by atoms with Crippen LogP contribution < -0.4 is 4.90 Å². The van der Waals surface area contributed by atoms with Gasteiger partial charge in [0.2, 0.25) is 0 Å². The minimum Gasteiger partial charge on any atom is -0.456 e. The number of para-hydroxylation sites is 4. The molecule has 2 heterocycles. The van der Waals surface area contributed by atoms with Crippen molar-refractivity contribution in [3.8, 4) is 50.2 Å². The second-order valence-electron chi connectivity index (χ2n) is 18.4. The SMILES string of the molecule is c1cc(-c2ccc(N(c3cccc(-c4cccc5oc6ccccc6c45)c3)c3ccccc3-c3cc4ccccc4c4ccccc34)cc2)cc(-c2ccc(-n3c4ccccc4c4ccccc43)cc2)c1. The molecule has 0 fully saturated rings. The summed E-state index contributed by atoms with van der Waals surface area (Å²) in [6.45, 7) is 0. The lowest BCUT2D eigenvalue weighted by molar-refractivity contribution is 0.669. The number of nitrogens with zero attached hydrogens (tertiary/aromatic N) is 2. The Hall–Kier alpha value is -9.44. The summed E-state index contributed by atoms with van der Waals surface area (Å²) in [7, 11) is 0. The summed E-state index contributed by atoms with van der Waals surface area (Å²) >= 11 is 0. The summed E-state index contributed by atoms with van der Waals surface area (Å²) in [6.07, 6.45) is 0. The summed E-state index contributed by atoms with van der Waals surface area (Å²) in [5.74, 6) is 0. The number of anilines is 3. The van der Waals surface area contributed by atoms with Gasteiger partial charge in [-0.2, -0.15) is 0 Å². The topological polar surface area (TPSA) is 21.3 Å². The zero-order chi connectivity index (χ0) is 46.8. The van der Waals surface area contributed by atoms with E-state index in [1.807, 2.05) is 6.07 Å². The van der Waals surface area contributed by atoms with Crippen molar-refractivity contribution in [3.05, 3.63) is 267 Å². The molecule has 0 spiro atoms. The molecule has 0 saturated carbocycles. The van der Waals surface area contributed by atoms with Gasteiger partial charge in [-0.05, 0) is 139 Å². The van der Waals surface area contributed by atoms with E-state index in [0.717, 1.165) is 72.5 Å². The van der Waals surface area contributed by atoms with Crippen LogP contribution in [0.5, 0.6) is 0 Å². The Bertz CT molecular complexity index is 4290. The Morgan fingerprint density at radius 1 is 0.296 bits per heavy atom. The maximum atomic E-state index is 6.37. The minimum atomic E-state index is 0.885. The van der Waals surface area contributed by atoms with Gasteiger partial charge in [-0.3, -0.25) is 0 Å². The Kier molecular flexibility index (Phi) is 9.53. The number of rotatable bonds is 8. The number of hydrogen-bond acceptors (Lipinski definition) is 2. The van der Waals surface area contributed by atoms with E-state index in [9.17, 15) is 0 Å². The van der Waals surface area contributed by atoms with E-state index in [1.165, 1.54) is 60.0 Å². The van der Waals surface area contributed by atoms with Gasteiger partial charge in [0, 0.05) is 44.2 Å². The number of hydrogen-bond donors (Lipinski definition) is 0. The molecular formula is C68H44N2O. The van der Waals surface area contributed by atoms with Crippen molar-refractivity contribution in [1.82, 2.24) is 4.57 Å². The monoisotopic (exact) mass is 904 g/mol. The molecule has 2 aromatic heterocycles. The molecule has 0 unspecified atom stereocenters. The summed E-state index contributed by atoms with van der Waals surface area (Å²) in [4.78, 5) is 2.43. The second kappa shape index (κ2) is 16.7. The molecular weight excluding hydrogens is 861 g/mol. The molecule has 0 radical (unpaired) electrons. The zero-order valence-corrected chi connectivity index (χ0v) is 38.7. The maximum Gasteiger partial charge on any atom is 0.136 e. The van der Waals surface area contributed by atoms with Crippen molar-refractivity contribution in [2.75, 3.05) is 4.90 Å². The third-order valence-electron chi connectivity index (χ3n) is 14.4. The van der Waals surface area contributed by atoms with Crippen molar-refractivity contribution in [3.63, 3.8) is 0 Å². The van der Waals surface area contributed by atoms with E-state index in [-0.39, 0.29) is 0 Å². The molecule has 3 heteroatoms. The van der Waals surface area contributed by atoms with Gasteiger partial charge in [0.15, 0.2) is 0 Å². The highest BCUT2D eigenvalue weighted by Gasteiger charge is 2.21. The minimum absolute atomic E-state index is 0.885. The van der Waals surface area contributed by atoms with Gasteiger partial charge >= 0.3 is 0 Å². The number of fused-ring (bicyclic) bond motifs is 9. The standard InChI is InChI=1S/C68H44N2O/c1-2-21-54-50(16-1)44-62(57-23-4-3-22-56(54)57)60-26-7-9-29-63(60)69(53-20-14-19-49(43-53)55-28-15-33-67-68(55)61-27-8-12-32-66(61)71-67)51-38-34-45(35-39-51)47-17-13-18-48(42-47)46-36-40-52(41-37-46)70-64-30-10-5-24-58(64)59-25-6-11-31-65(59)70/h1-44H. The molecule has 0 aliphatic heterocycles. The van der Waals surface area contributed by atoms with Crippen molar-refractivity contribution in [2.24, 2.45) is 0 Å². The molecule has 14 aromatic rings. The van der Waals surface area contributed by atoms with Gasteiger partial charge < -0.3 is 13.9 Å². The van der Waals surface area contributed by atoms with Gasteiger partial charge in [-0.25, -0.2) is 0 Å². The first-order chi connectivity index (χ1) is 35.2. The zero-order valence-electron chi connectivity index (χ0n) is 38.7. The summed E-state index contributed by atoms with van der Waals surface area (Å²) in [6, 6.07) is 96.8. The van der Waals surface area contributed by atoms with Crippen LogP contribution in [0.1, 0.15) is 0 Å². The van der Waals surface area contributed by atoms with E-state index in [0.29, 0.717) is 0 Å². The fraction of sp³-hybridized carbons (Fsp3) is 0. The predicted octanol–water partition coefficient (Wildman–Crippen LogP) is 19.1. The quantitative estimate of drug-likeness (QED) is 0.142. The molecule has 0 bridgehead atoms. The molecule has 0 atom stereocenters. The van der Waals surface area contributed by atoms with Crippen LogP contribution in [0.3, 0.4) is 0 Å². The first-order valence-electron chi connectivity index (χ1n) is 24.3. The molecule has 3 nitrogen and oxygen atoms in total. The van der Waals surface area contributed by atoms with Crippen LogP contribution in [0.2, 0.25) is 0 Å². The third kappa shape index (κ3) is 6.82. The molecule has 71 heavy (non-hydrogen) atoms. The second-order valence-corrected chi connectivity index (χ2v) is 18.4. The van der Waals surface area contributed by atoms with Crippen LogP contribution in [-0.4, -0.2) is 4.57 Å². The maximum absolute atomic E-state index is 6.37. The van der Waals surface area contributed by atoms with E-state index in [1.54, 1.807) is 0 Å². The fourth-order valence-corrected chi connectivity index (χ4v) is 11.1. The molecule has 332 valence electrons. The lowest BCUT2D eigenvalue weighted by atomic mass is 9.92. The van der Waals surface area contributed by atoms with Crippen LogP contribution >= 0.6 is 0 Å². The highest BCUT2D eigenvalue weighted by molar-refractivity contribution is 6.16. The molecule has 0 aliphatic rings. The third-order valence-corrected chi connectivity index (χ3v) is 14.4. The smallest absolute Gasteiger partial charge is 0.136 e. The molecule has 0 amide bonds. The number of benzene rings is 12. The molecule has 0 saturated heterocycles. The largest absolute Gasteiger partial charge is 0.456 e. The first-order valence-corrected chi connectivity index (χ1v) is 24.3. The van der Waals surface area contributed by atoms with Gasteiger partial charge in [-0.15, -0.1) is 0 Å². The van der Waals surface area contributed by atoms with Crippen LogP contribution in [0.15, 0.2) is 271 Å². The Labute approximate surface area is 411 Å². The average molecular weight is 905 g/mol.